The van der Waals surface area contributed by atoms with Gasteiger partial charge in [-0.15, -0.1) is 0 Å². The van der Waals surface area contributed by atoms with Gasteiger partial charge in [-0.25, -0.2) is 4.39 Å². The maximum atomic E-state index is 13.3. The SMILES string of the molecule is CCOC(=O)C1CCCN(CC(=O)Nc2c(C#N)c(C)c(C)n2Cc2ccc(F)cc2)C1. The zero-order valence-electron chi connectivity index (χ0n) is 18.8. The summed E-state index contributed by atoms with van der Waals surface area (Å²) in [7, 11) is 0. The van der Waals surface area contributed by atoms with Crippen LogP contribution in [0.15, 0.2) is 24.3 Å². The number of aromatic nitrogens is 1. The maximum Gasteiger partial charge on any atom is 0.310 e. The van der Waals surface area contributed by atoms with Crippen molar-refractivity contribution < 1.29 is 18.7 Å². The van der Waals surface area contributed by atoms with Gasteiger partial charge >= 0.3 is 5.97 Å². The van der Waals surface area contributed by atoms with Gasteiger partial charge in [0.05, 0.1) is 24.6 Å². The molecular formula is C24H29FN4O3. The first-order chi connectivity index (χ1) is 15.3. The lowest BCUT2D eigenvalue weighted by atomic mass is 9.98. The average Bonchev–Trinajstić information content (AvgIpc) is 2.99. The van der Waals surface area contributed by atoms with Crippen molar-refractivity contribution in [3.63, 3.8) is 0 Å². The van der Waals surface area contributed by atoms with Crippen LogP contribution >= 0.6 is 0 Å². The molecule has 0 saturated carbocycles. The van der Waals surface area contributed by atoms with Crippen LogP contribution in [0.4, 0.5) is 10.2 Å². The van der Waals surface area contributed by atoms with Gasteiger partial charge in [0, 0.05) is 18.8 Å². The molecule has 1 amide bonds. The van der Waals surface area contributed by atoms with E-state index in [-0.39, 0.29) is 30.2 Å². The zero-order chi connectivity index (χ0) is 23.3. The molecule has 1 aromatic carbocycles. The Bertz CT molecular complexity index is 1020. The number of piperidine rings is 1. The molecule has 1 unspecified atom stereocenters. The lowest BCUT2D eigenvalue weighted by Crippen LogP contribution is -2.43. The summed E-state index contributed by atoms with van der Waals surface area (Å²) < 4.78 is 20.3. The molecule has 170 valence electrons. The highest BCUT2D eigenvalue weighted by atomic mass is 19.1. The van der Waals surface area contributed by atoms with Gasteiger partial charge < -0.3 is 14.6 Å². The Kier molecular flexibility index (Phi) is 7.65. The molecule has 0 radical (unpaired) electrons. The summed E-state index contributed by atoms with van der Waals surface area (Å²) in [5, 5.41) is 12.6. The van der Waals surface area contributed by atoms with Crippen molar-refractivity contribution in [3.8, 4) is 6.07 Å². The van der Waals surface area contributed by atoms with Gasteiger partial charge in [0.1, 0.15) is 17.7 Å². The first-order valence-corrected chi connectivity index (χ1v) is 10.9. The minimum absolute atomic E-state index is 0.126. The highest BCUT2D eigenvalue weighted by Crippen LogP contribution is 2.27. The molecule has 1 fully saturated rings. The first kappa shape index (κ1) is 23.5. The van der Waals surface area contributed by atoms with Crippen molar-refractivity contribution in [2.24, 2.45) is 5.92 Å². The summed E-state index contributed by atoms with van der Waals surface area (Å²) in [5.74, 6) is -0.565. The summed E-state index contributed by atoms with van der Waals surface area (Å²) in [6.07, 6.45) is 1.58. The van der Waals surface area contributed by atoms with Crippen molar-refractivity contribution in [1.29, 1.82) is 5.26 Å². The van der Waals surface area contributed by atoms with E-state index in [0.717, 1.165) is 36.2 Å². The van der Waals surface area contributed by atoms with Crippen molar-refractivity contribution in [2.75, 3.05) is 31.6 Å². The number of hydrogen-bond acceptors (Lipinski definition) is 5. The molecule has 0 aliphatic carbocycles. The van der Waals surface area contributed by atoms with Gasteiger partial charge in [-0.3, -0.25) is 14.5 Å². The van der Waals surface area contributed by atoms with Crippen molar-refractivity contribution in [1.82, 2.24) is 9.47 Å². The summed E-state index contributed by atoms with van der Waals surface area (Å²) >= 11 is 0. The van der Waals surface area contributed by atoms with Crippen LogP contribution in [0.3, 0.4) is 0 Å². The van der Waals surface area contributed by atoms with Crippen LogP contribution in [-0.4, -0.2) is 47.6 Å². The largest absolute Gasteiger partial charge is 0.466 e. The average molecular weight is 441 g/mol. The Morgan fingerprint density at radius 2 is 2.00 bits per heavy atom. The third kappa shape index (κ3) is 5.35. The van der Waals surface area contributed by atoms with Crippen LogP contribution < -0.4 is 5.32 Å². The second-order valence-corrected chi connectivity index (χ2v) is 8.13. The van der Waals surface area contributed by atoms with Crippen LogP contribution in [0.2, 0.25) is 0 Å². The summed E-state index contributed by atoms with van der Waals surface area (Å²) in [5.41, 5.74) is 2.94. The molecule has 0 spiro atoms. The number of anilines is 1. The van der Waals surface area contributed by atoms with Gasteiger partial charge in [0.25, 0.3) is 0 Å². The van der Waals surface area contributed by atoms with Gasteiger partial charge in [-0.1, -0.05) is 12.1 Å². The summed E-state index contributed by atoms with van der Waals surface area (Å²) in [6, 6.07) is 8.35. The number of amides is 1. The number of likely N-dealkylation sites (tertiary alicyclic amines) is 1. The number of carbonyl (C=O) groups is 2. The second-order valence-electron chi connectivity index (χ2n) is 8.13. The number of rotatable bonds is 7. The Morgan fingerprint density at radius 1 is 1.28 bits per heavy atom. The van der Waals surface area contributed by atoms with Crippen molar-refractivity contribution >= 4 is 17.7 Å². The number of carbonyl (C=O) groups excluding carboxylic acids is 2. The highest BCUT2D eigenvalue weighted by molar-refractivity contribution is 5.93. The molecule has 8 heteroatoms. The standard InChI is InChI=1S/C24H29FN4O3/c1-4-32-24(31)19-6-5-11-28(14-19)15-22(30)27-23-21(12-26)16(2)17(3)29(23)13-18-7-9-20(25)10-8-18/h7-10,19H,4-6,11,13-15H2,1-3H3,(H,27,30). The van der Waals surface area contributed by atoms with Crippen LogP contribution in [0.5, 0.6) is 0 Å². The molecule has 7 nitrogen and oxygen atoms in total. The van der Waals surface area contributed by atoms with E-state index in [2.05, 4.69) is 11.4 Å². The van der Waals surface area contributed by atoms with Crippen LogP contribution in [0, 0.1) is 36.9 Å². The molecule has 1 aliphatic rings. The first-order valence-electron chi connectivity index (χ1n) is 10.9. The lowest BCUT2D eigenvalue weighted by molar-refractivity contribution is -0.150. The second kappa shape index (κ2) is 10.4. The fourth-order valence-electron chi connectivity index (χ4n) is 4.13. The van der Waals surface area contributed by atoms with E-state index in [0.29, 0.717) is 31.1 Å². The lowest BCUT2D eigenvalue weighted by Gasteiger charge is -2.30. The Balaban J connectivity index is 1.75. The van der Waals surface area contributed by atoms with Gasteiger partial charge in [0.15, 0.2) is 0 Å². The molecule has 1 aliphatic heterocycles. The van der Waals surface area contributed by atoms with E-state index >= 15 is 0 Å². The fraction of sp³-hybridized carbons (Fsp3) is 0.458. The molecule has 2 heterocycles. The number of ether oxygens (including phenoxy) is 1. The molecule has 3 rings (SSSR count). The number of halogens is 1. The monoisotopic (exact) mass is 440 g/mol. The number of hydrogen-bond donors (Lipinski definition) is 1. The summed E-state index contributed by atoms with van der Waals surface area (Å²) in [6.45, 7) is 7.60. The summed E-state index contributed by atoms with van der Waals surface area (Å²) in [4.78, 5) is 26.9. The third-order valence-corrected chi connectivity index (χ3v) is 5.95. The zero-order valence-corrected chi connectivity index (χ0v) is 18.8. The molecule has 0 bridgehead atoms. The highest BCUT2D eigenvalue weighted by Gasteiger charge is 2.28. The van der Waals surface area contributed by atoms with E-state index in [1.165, 1.54) is 12.1 Å². The van der Waals surface area contributed by atoms with E-state index in [9.17, 15) is 19.2 Å². The van der Waals surface area contributed by atoms with Gasteiger partial charge in [-0.2, -0.15) is 5.26 Å². The molecule has 32 heavy (non-hydrogen) atoms. The number of nitriles is 1. The third-order valence-electron chi connectivity index (χ3n) is 5.95. The molecular weight excluding hydrogens is 411 g/mol. The fourth-order valence-corrected chi connectivity index (χ4v) is 4.13. The molecule has 1 aromatic heterocycles. The topological polar surface area (TPSA) is 87.4 Å². The van der Waals surface area contributed by atoms with Gasteiger partial charge in [0.2, 0.25) is 5.91 Å². The Morgan fingerprint density at radius 3 is 2.66 bits per heavy atom. The molecule has 1 saturated heterocycles. The Hall–Kier alpha value is -3.18. The number of esters is 1. The molecule has 1 atom stereocenters. The predicted molar refractivity (Wildman–Crippen MR) is 119 cm³/mol. The molecule has 1 N–H and O–H groups in total. The van der Waals surface area contributed by atoms with Crippen molar-refractivity contribution in [2.45, 2.75) is 40.2 Å². The van der Waals surface area contributed by atoms with Crippen LogP contribution in [0.1, 0.15) is 42.1 Å². The minimum atomic E-state index is -0.317. The maximum absolute atomic E-state index is 13.3. The smallest absolute Gasteiger partial charge is 0.310 e. The minimum Gasteiger partial charge on any atom is -0.466 e. The van der Waals surface area contributed by atoms with E-state index in [1.54, 1.807) is 19.1 Å². The van der Waals surface area contributed by atoms with Crippen LogP contribution in [0.25, 0.3) is 0 Å². The molecule has 2 aromatic rings. The quantitative estimate of drug-likeness (QED) is 0.667. The van der Waals surface area contributed by atoms with Crippen LogP contribution in [-0.2, 0) is 20.9 Å². The number of benzene rings is 1. The number of nitrogens with one attached hydrogen (secondary N) is 1. The van der Waals surface area contributed by atoms with Crippen molar-refractivity contribution in [3.05, 3.63) is 52.5 Å². The number of nitrogens with zero attached hydrogens (tertiary/aromatic N) is 3. The van der Waals surface area contributed by atoms with E-state index in [4.69, 9.17) is 4.74 Å². The van der Waals surface area contributed by atoms with E-state index in [1.807, 2.05) is 23.3 Å². The van der Waals surface area contributed by atoms with E-state index < -0.39 is 0 Å². The Labute approximate surface area is 187 Å². The van der Waals surface area contributed by atoms with Gasteiger partial charge in [-0.05, 0) is 63.4 Å². The predicted octanol–water partition coefficient (Wildman–Crippen LogP) is 3.38. The normalized spacial score (nSPS) is 16.4.